The van der Waals surface area contributed by atoms with Gasteiger partial charge in [0.2, 0.25) is 0 Å². The minimum absolute atomic E-state index is 0.0542. The van der Waals surface area contributed by atoms with Crippen LogP contribution in [-0.2, 0) is 42.6 Å². The summed E-state index contributed by atoms with van der Waals surface area (Å²) in [6, 6.07) is 0. The molecule has 34 heavy (non-hydrogen) atoms. The SMILES string of the molecule is C1CCC(OCCOCCOCCOCCOCCOCCOCCOC2CCNCC2)OC1. The zero-order chi connectivity index (χ0) is 23.8. The molecule has 2 aliphatic rings. The molecule has 2 fully saturated rings. The van der Waals surface area contributed by atoms with Crippen molar-refractivity contribution in [2.75, 3.05) is 112 Å². The molecule has 10 nitrogen and oxygen atoms in total. The number of ether oxygens (including phenoxy) is 9. The van der Waals surface area contributed by atoms with Crippen molar-refractivity contribution in [2.45, 2.75) is 44.5 Å². The zero-order valence-electron chi connectivity index (χ0n) is 20.9. The zero-order valence-corrected chi connectivity index (χ0v) is 20.9. The van der Waals surface area contributed by atoms with E-state index in [1.165, 1.54) is 6.42 Å². The van der Waals surface area contributed by atoms with Crippen LogP contribution in [0.4, 0.5) is 0 Å². The Bertz CT molecular complexity index is 383. The Morgan fingerprint density at radius 3 is 1.38 bits per heavy atom. The fourth-order valence-corrected chi connectivity index (χ4v) is 3.52. The first-order chi connectivity index (χ1) is 16.9. The topological polar surface area (TPSA) is 95.1 Å². The molecule has 0 radical (unpaired) electrons. The van der Waals surface area contributed by atoms with Crippen molar-refractivity contribution in [3.8, 4) is 0 Å². The Morgan fingerprint density at radius 2 is 0.941 bits per heavy atom. The van der Waals surface area contributed by atoms with Gasteiger partial charge in [-0.2, -0.15) is 0 Å². The van der Waals surface area contributed by atoms with Crippen molar-refractivity contribution in [1.82, 2.24) is 5.32 Å². The third-order valence-electron chi connectivity index (χ3n) is 5.40. The lowest BCUT2D eigenvalue weighted by molar-refractivity contribution is -0.169. The van der Waals surface area contributed by atoms with Crippen molar-refractivity contribution in [3.05, 3.63) is 0 Å². The highest BCUT2D eigenvalue weighted by atomic mass is 16.7. The molecule has 0 spiro atoms. The number of piperidine rings is 1. The molecule has 10 heteroatoms. The third kappa shape index (κ3) is 18.0. The molecule has 0 bridgehead atoms. The lowest BCUT2D eigenvalue weighted by Crippen LogP contribution is -2.33. The summed E-state index contributed by atoms with van der Waals surface area (Å²) in [5.74, 6) is 0. The van der Waals surface area contributed by atoms with Gasteiger partial charge in [0.1, 0.15) is 0 Å². The standard InChI is InChI=1S/C24H47NO9/c1-2-8-33-24(3-1)34-22-20-31-18-16-29-14-12-27-10-9-26-11-13-28-15-17-30-19-21-32-23-4-6-25-7-5-23/h23-25H,1-22H2. The summed E-state index contributed by atoms with van der Waals surface area (Å²) in [4.78, 5) is 0. The van der Waals surface area contributed by atoms with Crippen LogP contribution in [0.3, 0.4) is 0 Å². The Balaban J connectivity index is 1.16. The van der Waals surface area contributed by atoms with Crippen LogP contribution in [0.5, 0.6) is 0 Å². The molecule has 202 valence electrons. The normalized spacial score (nSPS) is 19.6. The summed E-state index contributed by atoms with van der Waals surface area (Å²) in [6.07, 6.45) is 5.79. The molecule has 0 aromatic rings. The molecule has 2 aliphatic heterocycles. The number of nitrogens with one attached hydrogen (secondary N) is 1. The molecule has 0 aromatic carbocycles. The van der Waals surface area contributed by atoms with Crippen molar-refractivity contribution in [2.24, 2.45) is 0 Å². The molecule has 2 saturated heterocycles. The van der Waals surface area contributed by atoms with Crippen molar-refractivity contribution in [1.29, 1.82) is 0 Å². The van der Waals surface area contributed by atoms with Crippen LogP contribution >= 0.6 is 0 Å². The predicted molar refractivity (Wildman–Crippen MR) is 126 cm³/mol. The first-order valence-electron chi connectivity index (χ1n) is 13.0. The van der Waals surface area contributed by atoms with Crippen molar-refractivity contribution >= 4 is 0 Å². The molecule has 0 saturated carbocycles. The van der Waals surface area contributed by atoms with E-state index >= 15 is 0 Å². The predicted octanol–water partition coefficient (Wildman–Crippen LogP) is 1.40. The molecule has 1 N–H and O–H groups in total. The van der Waals surface area contributed by atoms with Gasteiger partial charge in [0.25, 0.3) is 0 Å². The van der Waals surface area contributed by atoms with E-state index in [-0.39, 0.29) is 6.29 Å². The van der Waals surface area contributed by atoms with Crippen LogP contribution in [0.1, 0.15) is 32.1 Å². The second-order valence-corrected chi connectivity index (χ2v) is 8.16. The smallest absolute Gasteiger partial charge is 0.157 e. The summed E-state index contributed by atoms with van der Waals surface area (Å²) in [5.41, 5.74) is 0. The number of rotatable bonds is 23. The van der Waals surface area contributed by atoms with Crippen LogP contribution in [0.15, 0.2) is 0 Å². The van der Waals surface area contributed by atoms with Gasteiger partial charge in [-0.05, 0) is 45.2 Å². The van der Waals surface area contributed by atoms with Gasteiger partial charge < -0.3 is 47.9 Å². The van der Waals surface area contributed by atoms with E-state index in [4.69, 9.17) is 42.6 Å². The van der Waals surface area contributed by atoms with Gasteiger partial charge in [0.15, 0.2) is 6.29 Å². The van der Waals surface area contributed by atoms with Gasteiger partial charge in [0.05, 0.1) is 98.6 Å². The second-order valence-electron chi connectivity index (χ2n) is 8.16. The van der Waals surface area contributed by atoms with Gasteiger partial charge in [0, 0.05) is 6.61 Å². The van der Waals surface area contributed by atoms with Gasteiger partial charge in [-0.15, -0.1) is 0 Å². The summed E-state index contributed by atoms with van der Waals surface area (Å²) in [6.45, 7) is 10.8. The monoisotopic (exact) mass is 493 g/mol. The molecule has 2 rings (SSSR count). The highest BCUT2D eigenvalue weighted by molar-refractivity contribution is 4.67. The van der Waals surface area contributed by atoms with E-state index in [1.807, 2.05) is 0 Å². The van der Waals surface area contributed by atoms with E-state index in [0.29, 0.717) is 98.6 Å². The Labute approximate surface area is 205 Å². The first-order valence-corrected chi connectivity index (χ1v) is 13.0. The molecule has 2 heterocycles. The van der Waals surface area contributed by atoms with Crippen LogP contribution in [0.2, 0.25) is 0 Å². The van der Waals surface area contributed by atoms with Gasteiger partial charge in [-0.25, -0.2) is 0 Å². The molecule has 1 atom stereocenters. The average Bonchev–Trinajstić information content (AvgIpc) is 2.88. The Morgan fingerprint density at radius 1 is 0.500 bits per heavy atom. The first kappa shape index (κ1) is 29.8. The molecular weight excluding hydrogens is 446 g/mol. The van der Waals surface area contributed by atoms with Gasteiger partial charge in [-0.3, -0.25) is 0 Å². The summed E-state index contributed by atoms with van der Waals surface area (Å²) in [7, 11) is 0. The maximum atomic E-state index is 5.78. The Hall–Kier alpha value is -0.400. The molecular formula is C24H47NO9. The molecule has 0 aromatic heterocycles. The minimum atomic E-state index is -0.0542. The van der Waals surface area contributed by atoms with E-state index in [0.717, 1.165) is 45.4 Å². The highest BCUT2D eigenvalue weighted by Gasteiger charge is 2.13. The van der Waals surface area contributed by atoms with E-state index in [1.54, 1.807) is 0 Å². The maximum Gasteiger partial charge on any atom is 0.157 e. The fraction of sp³-hybridized carbons (Fsp3) is 1.00. The van der Waals surface area contributed by atoms with Crippen LogP contribution in [-0.4, -0.2) is 125 Å². The molecule has 0 amide bonds. The van der Waals surface area contributed by atoms with Crippen LogP contribution in [0, 0.1) is 0 Å². The van der Waals surface area contributed by atoms with Crippen LogP contribution in [0.25, 0.3) is 0 Å². The van der Waals surface area contributed by atoms with Crippen molar-refractivity contribution < 1.29 is 42.6 Å². The minimum Gasteiger partial charge on any atom is -0.377 e. The number of hydrogen-bond donors (Lipinski definition) is 1. The summed E-state index contributed by atoms with van der Waals surface area (Å²) < 4.78 is 49.8. The van der Waals surface area contributed by atoms with E-state index in [2.05, 4.69) is 5.32 Å². The second kappa shape index (κ2) is 23.0. The van der Waals surface area contributed by atoms with Crippen molar-refractivity contribution in [3.63, 3.8) is 0 Å². The lowest BCUT2D eigenvalue weighted by Gasteiger charge is -2.22. The summed E-state index contributed by atoms with van der Waals surface area (Å²) in [5, 5.41) is 3.33. The average molecular weight is 494 g/mol. The number of hydrogen-bond acceptors (Lipinski definition) is 10. The lowest BCUT2D eigenvalue weighted by atomic mass is 10.1. The van der Waals surface area contributed by atoms with Gasteiger partial charge >= 0.3 is 0 Å². The fourth-order valence-electron chi connectivity index (χ4n) is 3.52. The van der Waals surface area contributed by atoms with Gasteiger partial charge in [-0.1, -0.05) is 0 Å². The van der Waals surface area contributed by atoms with Crippen LogP contribution < -0.4 is 5.32 Å². The Kier molecular flexibility index (Phi) is 20.2. The van der Waals surface area contributed by atoms with E-state index in [9.17, 15) is 0 Å². The third-order valence-corrected chi connectivity index (χ3v) is 5.40. The largest absolute Gasteiger partial charge is 0.377 e. The molecule has 1 unspecified atom stereocenters. The van der Waals surface area contributed by atoms with E-state index < -0.39 is 0 Å². The highest BCUT2D eigenvalue weighted by Crippen LogP contribution is 2.13. The maximum absolute atomic E-state index is 5.78. The summed E-state index contributed by atoms with van der Waals surface area (Å²) >= 11 is 0. The quantitative estimate of drug-likeness (QED) is 0.211. The molecule has 0 aliphatic carbocycles.